The molecule has 1 fully saturated rings. The molecule has 28 heavy (non-hydrogen) atoms. The van der Waals surface area contributed by atoms with Crippen molar-refractivity contribution in [2.75, 3.05) is 6.61 Å². The van der Waals surface area contributed by atoms with E-state index in [-0.39, 0.29) is 11.6 Å². The first-order valence-electron chi connectivity index (χ1n) is 8.71. The van der Waals surface area contributed by atoms with Gasteiger partial charge in [0.1, 0.15) is 18.3 Å². The second kappa shape index (κ2) is 9.70. The lowest BCUT2D eigenvalue weighted by atomic mass is 9.88. The van der Waals surface area contributed by atoms with Crippen molar-refractivity contribution in [2.24, 2.45) is 0 Å². The van der Waals surface area contributed by atoms with Crippen LogP contribution in [-0.2, 0) is 20.9 Å². The molecule has 0 spiro atoms. The molecule has 6 N–H and O–H groups in total. The van der Waals surface area contributed by atoms with Crippen molar-refractivity contribution in [3.8, 4) is 0 Å². The van der Waals surface area contributed by atoms with E-state index in [2.05, 4.69) is 5.32 Å². The Morgan fingerprint density at radius 2 is 2.04 bits per heavy atom. The van der Waals surface area contributed by atoms with Gasteiger partial charge in [-0.25, -0.2) is 4.79 Å². The highest BCUT2D eigenvalue weighted by Gasteiger charge is 2.55. The van der Waals surface area contributed by atoms with Gasteiger partial charge in [-0.3, -0.25) is 0 Å². The van der Waals surface area contributed by atoms with Crippen molar-refractivity contribution in [3.05, 3.63) is 35.9 Å². The zero-order valence-electron chi connectivity index (χ0n) is 15.3. The summed E-state index contributed by atoms with van der Waals surface area (Å²) in [6.07, 6.45) is -6.51. The SMILES string of the molecule is CC(=S)N[C@H]1[C@H]([C@H](O)[C@H](O)CO)O[C@@](OCc2ccccc2)(C(=O)O)C[C@@H]1O. The Labute approximate surface area is 167 Å². The summed E-state index contributed by atoms with van der Waals surface area (Å²) < 4.78 is 11.1. The quantitative estimate of drug-likeness (QED) is 0.297. The fourth-order valence-electron chi connectivity index (χ4n) is 3.05. The number of aliphatic hydroxyl groups is 4. The maximum Gasteiger partial charge on any atom is 0.364 e. The fraction of sp³-hybridized carbons (Fsp3) is 0.556. The van der Waals surface area contributed by atoms with Gasteiger partial charge in [0.2, 0.25) is 0 Å². The smallest absolute Gasteiger partial charge is 0.364 e. The van der Waals surface area contributed by atoms with Crippen molar-refractivity contribution < 1.29 is 39.8 Å². The molecule has 1 aliphatic rings. The topological polar surface area (TPSA) is 149 Å². The Balaban J connectivity index is 2.31. The third-order valence-corrected chi connectivity index (χ3v) is 4.62. The van der Waals surface area contributed by atoms with Gasteiger partial charge in [0.05, 0.1) is 30.3 Å². The van der Waals surface area contributed by atoms with Crippen molar-refractivity contribution in [1.82, 2.24) is 5.32 Å². The number of hydrogen-bond donors (Lipinski definition) is 6. The Morgan fingerprint density at radius 3 is 2.57 bits per heavy atom. The first-order valence-corrected chi connectivity index (χ1v) is 9.12. The van der Waals surface area contributed by atoms with Crippen LogP contribution >= 0.6 is 12.2 Å². The minimum absolute atomic E-state index is 0.116. The largest absolute Gasteiger partial charge is 0.477 e. The molecule has 2 rings (SSSR count). The number of carbonyl (C=O) groups is 1. The van der Waals surface area contributed by atoms with Gasteiger partial charge in [0, 0.05) is 6.42 Å². The van der Waals surface area contributed by atoms with Gasteiger partial charge < -0.3 is 40.3 Å². The van der Waals surface area contributed by atoms with Crippen molar-refractivity contribution in [2.45, 2.75) is 56.2 Å². The summed E-state index contributed by atoms with van der Waals surface area (Å²) in [4.78, 5) is 12.3. The molecule has 0 radical (unpaired) electrons. The van der Waals surface area contributed by atoms with Crippen LogP contribution in [0.15, 0.2) is 30.3 Å². The molecule has 10 heteroatoms. The fourth-order valence-corrected chi connectivity index (χ4v) is 3.19. The van der Waals surface area contributed by atoms with Gasteiger partial charge in [-0.2, -0.15) is 0 Å². The number of hydrogen-bond acceptors (Lipinski definition) is 8. The van der Waals surface area contributed by atoms with Crippen LogP contribution in [0.1, 0.15) is 18.9 Å². The molecule has 0 unspecified atom stereocenters. The molecule has 0 bridgehead atoms. The molecule has 9 nitrogen and oxygen atoms in total. The van der Waals surface area contributed by atoms with Crippen LogP contribution in [0.4, 0.5) is 0 Å². The van der Waals surface area contributed by atoms with Crippen LogP contribution in [0.5, 0.6) is 0 Å². The Kier molecular flexibility index (Phi) is 7.84. The van der Waals surface area contributed by atoms with Crippen LogP contribution in [0.25, 0.3) is 0 Å². The summed E-state index contributed by atoms with van der Waals surface area (Å²) in [5.74, 6) is -3.75. The summed E-state index contributed by atoms with van der Waals surface area (Å²) in [6, 6.07) is 7.77. The normalized spacial score (nSPS) is 29.7. The van der Waals surface area contributed by atoms with Crippen molar-refractivity contribution >= 4 is 23.2 Å². The number of carboxylic acid groups (broad SMARTS) is 1. The number of benzene rings is 1. The van der Waals surface area contributed by atoms with E-state index in [1.165, 1.54) is 0 Å². The molecule has 1 aromatic rings. The first-order chi connectivity index (χ1) is 13.2. The predicted molar refractivity (Wildman–Crippen MR) is 101 cm³/mol. The summed E-state index contributed by atoms with van der Waals surface area (Å²) in [7, 11) is 0. The minimum Gasteiger partial charge on any atom is -0.477 e. The number of aliphatic hydroxyl groups excluding tert-OH is 4. The van der Waals surface area contributed by atoms with Crippen molar-refractivity contribution in [1.29, 1.82) is 0 Å². The lowest BCUT2D eigenvalue weighted by Gasteiger charge is -2.46. The average Bonchev–Trinajstić information content (AvgIpc) is 2.67. The summed E-state index contributed by atoms with van der Waals surface area (Å²) in [6.45, 7) is 0.639. The number of nitrogens with one attached hydrogen (secondary N) is 1. The van der Waals surface area contributed by atoms with Gasteiger partial charge in [-0.15, -0.1) is 0 Å². The Morgan fingerprint density at radius 1 is 1.39 bits per heavy atom. The number of aliphatic carboxylic acids is 1. The minimum atomic E-state index is -2.26. The molecule has 6 atom stereocenters. The molecule has 1 saturated heterocycles. The Bertz CT molecular complexity index is 675. The zero-order chi connectivity index (χ0) is 20.9. The molecule has 1 heterocycles. The molecule has 1 aromatic carbocycles. The third kappa shape index (κ3) is 5.23. The van der Waals surface area contributed by atoms with Crippen LogP contribution in [0.3, 0.4) is 0 Å². The number of carboxylic acids is 1. The average molecular weight is 415 g/mol. The summed E-state index contributed by atoms with van der Waals surface area (Å²) >= 11 is 4.97. The molecular weight excluding hydrogens is 390 g/mol. The van der Waals surface area contributed by atoms with Gasteiger partial charge in [-0.1, -0.05) is 42.5 Å². The second-order valence-corrected chi connectivity index (χ2v) is 7.27. The predicted octanol–water partition coefficient (Wildman–Crippen LogP) is -0.846. The van der Waals surface area contributed by atoms with Crippen LogP contribution in [0, 0.1) is 0 Å². The van der Waals surface area contributed by atoms with E-state index in [1.807, 2.05) is 0 Å². The van der Waals surface area contributed by atoms with E-state index in [0.717, 1.165) is 0 Å². The summed E-state index contributed by atoms with van der Waals surface area (Å²) in [5, 5.41) is 52.4. The van der Waals surface area contributed by atoms with Gasteiger partial charge >= 0.3 is 5.97 Å². The standard InChI is InChI=1S/C18H25NO8S/c1-10(28)19-14-12(21)7-18(17(24)25,26-9-11-5-3-2-4-6-11)27-16(14)15(23)13(22)8-20/h2-6,12-16,20-23H,7-9H2,1H3,(H,19,28)(H,24,25)/t12-,13+,14+,15+,16+,18+/m0/s1. The van der Waals surface area contributed by atoms with E-state index in [1.54, 1.807) is 37.3 Å². The van der Waals surface area contributed by atoms with Crippen LogP contribution in [0.2, 0.25) is 0 Å². The molecule has 0 saturated carbocycles. The highest BCUT2D eigenvalue weighted by Crippen LogP contribution is 2.34. The Hall–Kier alpha value is -1.66. The number of thiocarbonyl (C=S) groups is 1. The molecule has 0 aromatic heterocycles. The zero-order valence-corrected chi connectivity index (χ0v) is 16.1. The molecule has 0 amide bonds. The second-order valence-electron chi connectivity index (χ2n) is 6.65. The highest BCUT2D eigenvalue weighted by atomic mass is 32.1. The molecule has 0 aliphatic carbocycles. The number of ether oxygens (including phenoxy) is 2. The summed E-state index contributed by atoms with van der Waals surface area (Å²) in [5.41, 5.74) is 0.684. The monoisotopic (exact) mass is 415 g/mol. The molecule has 156 valence electrons. The van der Waals surface area contributed by atoms with Crippen molar-refractivity contribution in [3.63, 3.8) is 0 Å². The lowest BCUT2D eigenvalue weighted by molar-refractivity contribution is -0.314. The van der Waals surface area contributed by atoms with E-state index < -0.39 is 55.2 Å². The lowest BCUT2D eigenvalue weighted by Crippen LogP contribution is -2.67. The maximum absolute atomic E-state index is 12.0. The van der Waals surface area contributed by atoms with Crippen LogP contribution in [-0.4, -0.2) is 79.3 Å². The van der Waals surface area contributed by atoms with Gasteiger partial charge in [-0.05, 0) is 12.5 Å². The van der Waals surface area contributed by atoms with Crippen LogP contribution < -0.4 is 5.32 Å². The highest BCUT2D eigenvalue weighted by molar-refractivity contribution is 7.80. The van der Waals surface area contributed by atoms with E-state index >= 15 is 0 Å². The van der Waals surface area contributed by atoms with E-state index in [4.69, 9.17) is 26.8 Å². The van der Waals surface area contributed by atoms with E-state index in [0.29, 0.717) is 5.56 Å². The van der Waals surface area contributed by atoms with Gasteiger partial charge in [0.15, 0.2) is 0 Å². The molecule has 1 aliphatic heterocycles. The molecular formula is C18H25NO8S. The first kappa shape index (κ1) is 22.6. The number of rotatable bonds is 8. The van der Waals surface area contributed by atoms with Gasteiger partial charge in [0.25, 0.3) is 5.79 Å². The van der Waals surface area contributed by atoms with E-state index in [9.17, 15) is 25.2 Å². The third-order valence-electron chi connectivity index (χ3n) is 4.50. The maximum atomic E-state index is 12.0.